The number of phenolic OH excluding ortho intramolecular Hbond substituents is 1. The van der Waals surface area contributed by atoms with E-state index in [1.807, 2.05) is 6.07 Å². The lowest BCUT2D eigenvalue weighted by atomic mass is 10.2. The first kappa shape index (κ1) is 10.1. The Morgan fingerprint density at radius 2 is 2.00 bits per heavy atom. The van der Waals surface area contributed by atoms with E-state index in [9.17, 15) is 5.11 Å². The fourth-order valence-electron chi connectivity index (χ4n) is 1.71. The summed E-state index contributed by atoms with van der Waals surface area (Å²) >= 11 is 5.94. The molecule has 0 radical (unpaired) electrons. The summed E-state index contributed by atoms with van der Waals surface area (Å²) in [6.07, 6.45) is 1.75. The first-order chi connectivity index (χ1) is 8.24. The molecular formula is C12H8ClN3O. The second-order valence-corrected chi connectivity index (χ2v) is 4.09. The van der Waals surface area contributed by atoms with Crippen molar-refractivity contribution in [2.24, 2.45) is 0 Å². The van der Waals surface area contributed by atoms with Crippen molar-refractivity contribution in [1.29, 1.82) is 0 Å². The van der Waals surface area contributed by atoms with Gasteiger partial charge in [-0.3, -0.25) is 4.40 Å². The van der Waals surface area contributed by atoms with Crippen LogP contribution in [0.3, 0.4) is 0 Å². The van der Waals surface area contributed by atoms with Crippen molar-refractivity contribution in [3.63, 3.8) is 0 Å². The van der Waals surface area contributed by atoms with E-state index >= 15 is 0 Å². The monoisotopic (exact) mass is 245 g/mol. The summed E-state index contributed by atoms with van der Waals surface area (Å²) in [5.74, 6) is 0.847. The number of aromatic hydroxyl groups is 1. The Kier molecular flexibility index (Phi) is 2.23. The molecule has 0 aliphatic heterocycles. The van der Waals surface area contributed by atoms with Gasteiger partial charge in [0, 0.05) is 11.8 Å². The number of benzene rings is 1. The van der Waals surface area contributed by atoms with E-state index in [-0.39, 0.29) is 5.75 Å². The third kappa shape index (κ3) is 1.72. The van der Waals surface area contributed by atoms with Crippen molar-refractivity contribution < 1.29 is 5.11 Å². The molecule has 0 aliphatic carbocycles. The van der Waals surface area contributed by atoms with Gasteiger partial charge in [0.1, 0.15) is 5.75 Å². The molecule has 17 heavy (non-hydrogen) atoms. The van der Waals surface area contributed by atoms with Crippen LogP contribution in [0.1, 0.15) is 0 Å². The molecule has 4 nitrogen and oxygen atoms in total. The lowest BCUT2D eigenvalue weighted by Gasteiger charge is -2.00. The third-order valence-corrected chi connectivity index (χ3v) is 2.69. The van der Waals surface area contributed by atoms with Crippen molar-refractivity contribution in [3.05, 3.63) is 47.6 Å². The number of hydrogen-bond acceptors (Lipinski definition) is 3. The normalized spacial score (nSPS) is 10.9. The molecule has 84 valence electrons. The molecule has 0 saturated heterocycles. The van der Waals surface area contributed by atoms with E-state index in [0.717, 1.165) is 5.56 Å². The summed E-state index contributed by atoms with van der Waals surface area (Å²) in [7, 11) is 0. The molecular weight excluding hydrogens is 238 g/mol. The maximum absolute atomic E-state index is 9.46. The summed E-state index contributed by atoms with van der Waals surface area (Å²) in [4.78, 5) is 0. The van der Waals surface area contributed by atoms with Crippen LogP contribution in [-0.4, -0.2) is 19.7 Å². The Morgan fingerprint density at radius 1 is 1.12 bits per heavy atom. The number of phenols is 1. The van der Waals surface area contributed by atoms with Crippen LogP contribution in [0.15, 0.2) is 42.6 Å². The van der Waals surface area contributed by atoms with Crippen LogP contribution in [0.25, 0.3) is 17.0 Å². The summed E-state index contributed by atoms with van der Waals surface area (Å²) in [5, 5.41) is 18.2. The lowest BCUT2D eigenvalue weighted by molar-refractivity contribution is 0.475. The molecule has 0 aliphatic rings. The lowest BCUT2D eigenvalue weighted by Crippen LogP contribution is -1.88. The quantitative estimate of drug-likeness (QED) is 0.717. The molecule has 0 atom stereocenters. The molecule has 0 amide bonds. The molecule has 2 aromatic heterocycles. The third-order valence-electron chi connectivity index (χ3n) is 2.47. The molecule has 1 N–H and O–H groups in total. The number of pyridine rings is 1. The van der Waals surface area contributed by atoms with Crippen LogP contribution in [0.2, 0.25) is 5.02 Å². The van der Waals surface area contributed by atoms with Crippen LogP contribution >= 0.6 is 11.6 Å². The summed E-state index contributed by atoms with van der Waals surface area (Å²) in [6.45, 7) is 0. The maximum Gasteiger partial charge on any atom is 0.168 e. The van der Waals surface area contributed by atoms with E-state index < -0.39 is 0 Å². The second-order valence-electron chi connectivity index (χ2n) is 3.65. The molecule has 3 rings (SSSR count). The van der Waals surface area contributed by atoms with Gasteiger partial charge in [0.2, 0.25) is 0 Å². The maximum atomic E-state index is 9.46. The summed E-state index contributed by atoms with van der Waals surface area (Å²) < 4.78 is 1.79. The zero-order valence-electron chi connectivity index (χ0n) is 8.71. The van der Waals surface area contributed by atoms with Crippen molar-refractivity contribution in [2.45, 2.75) is 0 Å². The Labute approximate surface area is 102 Å². The van der Waals surface area contributed by atoms with Gasteiger partial charge in [-0.15, -0.1) is 10.2 Å². The molecule has 0 fully saturated rings. The zero-order chi connectivity index (χ0) is 11.8. The first-order valence-corrected chi connectivity index (χ1v) is 5.41. The van der Waals surface area contributed by atoms with Gasteiger partial charge in [-0.1, -0.05) is 23.7 Å². The molecule has 2 heterocycles. The predicted molar refractivity (Wildman–Crippen MR) is 65.1 cm³/mol. The highest BCUT2D eigenvalue weighted by atomic mass is 35.5. The fourth-order valence-corrected chi connectivity index (χ4v) is 1.87. The predicted octanol–water partition coefficient (Wildman–Crippen LogP) is 2.76. The average molecular weight is 246 g/mol. The minimum atomic E-state index is 0.196. The highest BCUT2D eigenvalue weighted by Gasteiger charge is 2.08. The Balaban J connectivity index is 2.27. The van der Waals surface area contributed by atoms with Crippen molar-refractivity contribution in [1.82, 2.24) is 14.6 Å². The van der Waals surface area contributed by atoms with E-state index in [1.54, 1.807) is 40.9 Å². The van der Waals surface area contributed by atoms with Gasteiger partial charge in [-0.25, -0.2) is 0 Å². The molecule has 1 aromatic carbocycles. The van der Waals surface area contributed by atoms with Crippen molar-refractivity contribution in [3.8, 4) is 17.1 Å². The summed E-state index contributed by atoms with van der Waals surface area (Å²) in [5.41, 5.74) is 1.51. The number of halogens is 1. The van der Waals surface area contributed by atoms with E-state index in [0.29, 0.717) is 16.5 Å². The standard InChI is InChI=1S/C12H8ClN3O/c13-9-4-5-11-14-15-12(16(11)7-9)8-2-1-3-10(17)6-8/h1-7,17H. The topological polar surface area (TPSA) is 50.4 Å². The minimum absolute atomic E-state index is 0.196. The number of aromatic nitrogens is 3. The van der Waals surface area contributed by atoms with Crippen LogP contribution in [0.5, 0.6) is 5.75 Å². The number of hydrogen-bond donors (Lipinski definition) is 1. The van der Waals surface area contributed by atoms with Gasteiger partial charge in [0.15, 0.2) is 11.5 Å². The van der Waals surface area contributed by atoms with Gasteiger partial charge >= 0.3 is 0 Å². The average Bonchev–Trinajstić information content (AvgIpc) is 2.71. The Hall–Kier alpha value is -2.07. The van der Waals surface area contributed by atoms with Gasteiger partial charge in [-0.2, -0.15) is 0 Å². The first-order valence-electron chi connectivity index (χ1n) is 5.04. The van der Waals surface area contributed by atoms with Crippen molar-refractivity contribution >= 4 is 17.2 Å². The van der Waals surface area contributed by atoms with Gasteiger partial charge in [-0.05, 0) is 24.3 Å². The Morgan fingerprint density at radius 3 is 2.82 bits per heavy atom. The Bertz CT molecular complexity index is 693. The SMILES string of the molecule is Oc1cccc(-c2nnc3ccc(Cl)cn23)c1. The highest BCUT2D eigenvalue weighted by Crippen LogP contribution is 2.23. The molecule has 5 heteroatoms. The molecule has 0 unspecified atom stereocenters. The van der Waals surface area contributed by atoms with Crippen LogP contribution in [0.4, 0.5) is 0 Å². The highest BCUT2D eigenvalue weighted by molar-refractivity contribution is 6.30. The largest absolute Gasteiger partial charge is 0.508 e. The van der Waals surface area contributed by atoms with E-state index in [1.165, 1.54) is 0 Å². The number of fused-ring (bicyclic) bond motifs is 1. The van der Waals surface area contributed by atoms with Crippen LogP contribution in [0, 0.1) is 0 Å². The van der Waals surface area contributed by atoms with Gasteiger partial charge in [0.05, 0.1) is 5.02 Å². The molecule has 0 bridgehead atoms. The smallest absolute Gasteiger partial charge is 0.168 e. The van der Waals surface area contributed by atoms with Gasteiger partial charge < -0.3 is 5.11 Å². The van der Waals surface area contributed by atoms with Crippen LogP contribution in [-0.2, 0) is 0 Å². The summed E-state index contributed by atoms with van der Waals surface area (Å²) in [6, 6.07) is 10.4. The van der Waals surface area contributed by atoms with E-state index in [2.05, 4.69) is 10.2 Å². The van der Waals surface area contributed by atoms with E-state index in [4.69, 9.17) is 11.6 Å². The second kappa shape index (κ2) is 3.75. The molecule has 3 aromatic rings. The number of nitrogens with zero attached hydrogens (tertiary/aromatic N) is 3. The van der Waals surface area contributed by atoms with Gasteiger partial charge in [0.25, 0.3) is 0 Å². The minimum Gasteiger partial charge on any atom is -0.508 e. The molecule has 0 saturated carbocycles. The van der Waals surface area contributed by atoms with Crippen molar-refractivity contribution in [2.75, 3.05) is 0 Å². The molecule has 0 spiro atoms. The number of rotatable bonds is 1. The van der Waals surface area contributed by atoms with Crippen LogP contribution < -0.4 is 0 Å². The zero-order valence-corrected chi connectivity index (χ0v) is 9.46. The fraction of sp³-hybridized carbons (Fsp3) is 0.